The average Bonchev–Trinajstić information content (AvgIpc) is 2.68. The van der Waals surface area contributed by atoms with Crippen molar-refractivity contribution in [1.29, 1.82) is 0 Å². The first-order valence-electron chi connectivity index (χ1n) is 8.72. The maximum atomic E-state index is 12.5. The van der Waals surface area contributed by atoms with Gasteiger partial charge in [0.1, 0.15) is 5.75 Å². The second kappa shape index (κ2) is 8.13. The van der Waals surface area contributed by atoms with Crippen molar-refractivity contribution < 1.29 is 19.7 Å². The van der Waals surface area contributed by atoms with Gasteiger partial charge in [0, 0.05) is 44.5 Å². The smallest absolute Gasteiger partial charge is 0.407 e. The molecule has 2 aromatic rings. The third kappa shape index (κ3) is 4.40. The minimum Gasteiger partial charge on any atom is -0.503 e. The molecule has 2 N–H and O–H groups in total. The number of rotatable bonds is 5. The first-order chi connectivity index (χ1) is 13.0. The molecule has 1 aromatic carbocycles. The van der Waals surface area contributed by atoms with Gasteiger partial charge >= 0.3 is 6.09 Å². The fraction of sp³-hybridized carbons (Fsp3) is 0.368. The standard InChI is InChI=1S/C19H23N3O5/c1-27-16-4-2-3-14(11-16)12-22-6-5-15(17(23)18(22)24)13-20-7-9-21(10-8-20)19(25)26/h2-6,11,23H,7-10,12-13H2,1H3,(H,25,26). The van der Waals surface area contributed by atoms with Crippen LogP contribution in [0.2, 0.25) is 0 Å². The third-order valence-corrected chi connectivity index (χ3v) is 4.75. The Morgan fingerprint density at radius 1 is 1.15 bits per heavy atom. The summed E-state index contributed by atoms with van der Waals surface area (Å²) in [5.74, 6) is 0.447. The van der Waals surface area contributed by atoms with E-state index in [0.29, 0.717) is 50.6 Å². The van der Waals surface area contributed by atoms with E-state index in [2.05, 4.69) is 0 Å². The van der Waals surface area contributed by atoms with Crippen molar-refractivity contribution in [2.24, 2.45) is 0 Å². The van der Waals surface area contributed by atoms with Crippen LogP contribution in [-0.4, -0.2) is 64.0 Å². The quantitative estimate of drug-likeness (QED) is 0.823. The number of pyridine rings is 1. The first-order valence-corrected chi connectivity index (χ1v) is 8.72. The molecule has 1 aromatic heterocycles. The van der Waals surface area contributed by atoms with Gasteiger partial charge in [-0.3, -0.25) is 9.69 Å². The topological polar surface area (TPSA) is 95.2 Å². The molecule has 0 saturated carbocycles. The molecule has 0 aliphatic carbocycles. The Bertz CT molecular complexity index is 872. The fourth-order valence-corrected chi connectivity index (χ4v) is 3.16. The van der Waals surface area contributed by atoms with Gasteiger partial charge in [0.25, 0.3) is 5.56 Å². The molecule has 0 bridgehead atoms. The fourth-order valence-electron chi connectivity index (χ4n) is 3.16. The van der Waals surface area contributed by atoms with Crippen molar-refractivity contribution >= 4 is 6.09 Å². The highest BCUT2D eigenvalue weighted by atomic mass is 16.5. The first kappa shape index (κ1) is 18.8. The number of methoxy groups -OCH3 is 1. The van der Waals surface area contributed by atoms with Crippen molar-refractivity contribution in [3.05, 3.63) is 58.0 Å². The summed E-state index contributed by atoms with van der Waals surface area (Å²) in [5, 5.41) is 19.3. The number of piperazine rings is 1. The molecular formula is C19H23N3O5. The van der Waals surface area contributed by atoms with E-state index >= 15 is 0 Å². The van der Waals surface area contributed by atoms with Gasteiger partial charge in [-0.15, -0.1) is 0 Å². The number of benzene rings is 1. The molecule has 1 aliphatic heterocycles. The molecule has 0 spiro atoms. The van der Waals surface area contributed by atoms with E-state index in [1.165, 1.54) is 9.47 Å². The van der Waals surface area contributed by atoms with Gasteiger partial charge < -0.3 is 24.4 Å². The predicted molar refractivity (Wildman–Crippen MR) is 99.3 cm³/mol. The molecule has 1 saturated heterocycles. The molecule has 8 heteroatoms. The summed E-state index contributed by atoms with van der Waals surface area (Å²) in [6.45, 7) is 2.72. The normalized spacial score (nSPS) is 14.9. The molecule has 1 aliphatic rings. The van der Waals surface area contributed by atoms with E-state index in [4.69, 9.17) is 9.84 Å². The maximum absolute atomic E-state index is 12.5. The van der Waals surface area contributed by atoms with Crippen molar-refractivity contribution in [2.45, 2.75) is 13.1 Å². The monoisotopic (exact) mass is 373 g/mol. The zero-order chi connectivity index (χ0) is 19.4. The highest BCUT2D eigenvalue weighted by Crippen LogP contribution is 2.17. The number of ether oxygens (including phenoxy) is 1. The van der Waals surface area contributed by atoms with Gasteiger partial charge in [-0.1, -0.05) is 12.1 Å². The second-order valence-corrected chi connectivity index (χ2v) is 6.52. The Balaban J connectivity index is 1.70. The molecule has 0 atom stereocenters. The van der Waals surface area contributed by atoms with Crippen LogP contribution in [0.25, 0.3) is 0 Å². The van der Waals surface area contributed by atoms with Gasteiger partial charge in [-0.05, 0) is 23.8 Å². The van der Waals surface area contributed by atoms with E-state index in [1.807, 2.05) is 29.2 Å². The highest BCUT2D eigenvalue weighted by Gasteiger charge is 2.21. The van der Waals surface area contributed by atoms with E-state index in [-0.39, 0.29) is 5.75 Å². The lowest BCUT2D eigenvalue weighted by molar-refractivity contribution is 0.102. The summed E-state index contributed by atoms with van der Waals surface area (Å²) in [6, 6.07) is 9.16. The molecule has 2 heterocycles. The lowest BCUT2D eigenvalue weighted by Crippen LogP contribution is -2.47. The van der Waals surface area contributed by atoms with Gasteiger partial charge in [-0.2, -0.15) is 0 Å². The lowest BCUT2D eigenvalue weighted by atomic mass is 10.2. The zero-order valence-electron chi connectivity index (χ0n) is 15.2. The predicted octanol–water partition coefficient (Wildman–Crippen LogP) is 1.41. The lowest BCUT2D eigenvalue weighted by Gasteiger charge is -2.33. The largest absolute Gasteiger partial charge is 0.503 e. The van der Waals surface area contributed by atoms with Gasteiger partial charge in [-0.25, -0.2) is 4.79 Å². The Morgan fingerprint density at radius 3 is 2.56 bits per heavy atom. The Morgan fingerprint density at radius 2 is 1.89 bits per heavy atom. The van der Waals surface area contributed by atoms with Crippen molar-refractivity contribution in [3.63, 3.8) is 0 Å². The van der Waals surface area contributed by atoms with Crippen LogP contribution in [0.5, 0.6) is 11.5 Å². The van der Waals surface area contributed by atoms with Crippen LogP contribution in [0.1, 0.15) is 11.1 Å². The average molecular weight is 373 g/mol. The number of hydrogen-bond acceptors (Lipinski definition) is 5. The number of hydrogen-bond donors (Lipinski definition) is 2. The van der Waals surface area contributed by atoms with Crippen molar-refractivity contribution in [2.75, 3.05) is 33.3 Å². The molecule has 3 rings (SSSR count). The third-order valence-electron chi connectivity index (χ3n) is 4.75. The highest BCUT2D eigenvalue weighted by molar-refractivity contribution is 5.65. The Kier molecular flexibility index (Phi) is 5.66. The minimum atomic E-state index is -0.919. The molecule has 0 unspecified atom stereocenters. The van der Waals surface area contributed by atoms with E-state index in [9.17, 15) is 14.7 Å². The molecule has 0 radical (unpaired) electrons. The maximum Gasteiger partial charge on any atom is 0.407 e. The number of carboxylic acid groups (broad SMARTS) is 1. The van der Waals surface area contributed by atoms with E-state index in [1.54, 1.807) is 19.4 Å². The number of aromatic hydroxyl groups is 1. The van der Waals surface area contributed by atoms with Gasteiger partial charge in [0.2, 0.25) is 0 Å². The van der Waals surface area contributed by atoms with Crippen LogP contribution >= 0.6 is 0 Å². The number of aromatic nitrogens is 1. The van der Waals surface area contributed by atoms with Crippen LogP contribution in [0.4, 0.5) is 4.79 Å². The molecular weight excluding hydrogens is 350 g/mol. The molecule has 1 fully saturated rings. The Labute approximate surface area is 156 Å². The summed E-state index contributed by atoms with van der Waals surface area (Å²) >= 11 is 0. The number of nitrogens with zero attached hydrogens (tertiary/aromatic N) is 3. The zero-order valence-corrected chi connectivity index (χ0v) is 15.2. The molecule has 8 nitrogen and oxygen atoms in total. The van der Waals surface area contributed by atoms with E-state index in [0.717, 1.165) is 5.56 Å². The second-order valence-electron chi connectivity index (χ2n) is 6.52. The van der Waals surface area contributed by atoms with Crippen LogP contribution in [0.15, 0.2) is 41.3 Å². The van der Waals surface area contributed by atoms with Crippen LogP contribution < -0.4 is 10.3 Å². The summed E-state index contributed by atoms with van der Waals surface area (Å²) in [7, 11) is 1.59. The van der Waals surface area contributed by atoms with Crippen LogP contribution in [-0.2, 0) is 13.1 Å². The number of carbonyl (C=O) groups is 1. The molecule has 1 amide bonds. The molecule has 27 heavy (non-hydrogen) atoms. The summed E-state index contributed by atoms with van der Waals surface area (Å²) in [6.07, 6.45) is 0.752. The van der Waals surface area contributed by atoms with Gasteiger partial charge in [0.15, 0.2) is 5.75 Å². The van der Waals surface area contributed by atoms with Crippen LogP contribution in [0, 0.1) is 0 Å². The van der Waals surface area contributed by atoms with Crippen molar-refractivity contribution in [1.82, 2.24) is 14.4 Å². The minimum absolute atomic E-state index is 0.263. The molecule has 144 valence electrons. The summed E-state index contributed by atoms with van der Waals surface area (Å²) in [4.78, 5) is 26.9. The van der Waals surface area contributed by atoms with E-state index < -0.39 is 11.7 Å². The summed E-state index contributed by atoms with van der Waals surface area (Å²) < 4.78 is 6.64. The SMILES string of the molecule is COc1cccc(Cn2ccc(CN3CCN(C(=O)O)CC3)c(O)c2=O)c1. The van der Waals surface area contributed by atoms with Crippen LogP contribution in [0.3, 0.4) is 0 Å². The Hall–Kier alpha value is -3.00. The summed E-state index contributed by atoms with van der Waals surface area (Å²) in [5.41, 5.74) is 0.999. The van der Waals surface area contributed by atoms with Crippen molar-refractivity contribution in [3.8, 4) is 11.5 Å². The number of amides is 1. The van der Waals surface area contributed by atoms with Gasteiger partial charge in [0.05, 0.1) is 13.7 Å².